The summed E-state index contributed by atoms with van der Waals surface area (Å²) in [6.07, 6.45) is 1.47. The molecule has 0 saturated heterocycles. The van der Waals surface area contributed by atoms with Crippen LogP contribution >= 0.6 is 0 Å². The van der Waals surface area contributed by atoms with Gasteiger partial charge in [0.25, 0.3) is 0 Å². The van der Waals surface area contributed by atoms with Crippen molar-refractivity contribution in [3.05, 3.63) is 29.6 Å². The second-order valence-corrected chi connectivity index (χ2v) is 6.63. The normalized spacial score (nSPS) is 18.2. The molecule has 0 spiro atoms. The summed E-state index contributed by atoms with van der Waals surface area (Å²) >= 11 is 0. The third kappa shape index (κ3) is 1.64. The maximum absolute atomic E-state index is 13.1. The van der Waals surface area contributed by atoms with Gasteiger partial charge in [0.1, 0.15) is 5.82 Å². The van der Waals surface area contributed by atoms with Crippen LogP contribution in [-0.2, 0) is 9.84 Å². The molecule has 1 aromatic carbocycles. The first-order valence-corrected chi connectivity index (χ1v) is 6.83. The standard InChI is InChI=1S/C12H12FNO2S/c1-9-7-10(3-4-11(9)13)17(15,16)12(8-14)5-2-6-12/h3-4,7H,2,5-6H2,1H3. The van der Waals surface area contributed by atoms with Crippen LogP contribution in [0.3, 0.4) is 0 Å². The first-order valence-electron chi connectivity index (χ1n) is 5.35. The average Bonchev–Trinajstić information content (AvgIpc) is 2.20. The van der Waals surface area contributed by atoms with E-state index in [1.165, 1.54) is 19.1 Å². The van der Waals surface area contributed by atoms with Crippen LogP contribution in [0.5, 0.6) is 0 Å². The maximum Gasteiger partial charge on any atom is 0.197 e. The van der Waals surface area contributed by atoms with Gasteiger partial charge >= 0.3 is 0 Å². The molecule has 0 aliphatic heterocycles. The van der Waals surface area contributed by atoms with E-state index in [4.69, 9.17) is 5.26 Å². The lowest BCUT2D eigenvalue weighted by Crippen LogP contribution is -2.43. The van der Waals surface area contributed by atoms with Gasteiger partial charge in [-0.1, -0.05) is 0 Å². The van der Waals surface area contributed by atoms with Crippen LogP contribution in [-0.4, -0.2) is 13.2 Å². The van der Waals surface area contributed by atoms with Crippen LogP contribution in [0.4, 0.5) is 4.39 Å². The quantitative estimate of drug-likeness (QED) is 0.760. The van der Waals surface area contributed by atoms with Gasteiger partial charge in [-0.25, -0.2) is 12.8 Å². The fourth-order valence-electron chi connectivity index (χ4n) is 1.95. The summed E-state index contributed by atoms with van der Waals surface area (Å²) in [4.78, 5) is 0.0395. The zero-order valence-corrected chi connectivity index (χ0v) is 10.2. The SMILES string of the molecule is Cc1cc(S(=O)(=O)C2(C#N)CCC2)ccc1F. The molecule has 0 bridgehead atoms. The molecule has 1 saturated carbocycles. The van der Waals surface area contributed by atoms with E-state index in [0.29, 0.717) is 12.8 Å². The molecular weight excluding hydrogens is 241 g/mol. The summed E-state index contributed by atoms with van der Waals surface area (Å²) in [5.41, 5.74) is 0.276. The van der Waals surface area contributed by atoms with Crippen molar-refractivity contribution in [1.29, 1.82) is 5.26 Å². The van der Waals surface area contributed by atoms with E-state index in [9.17, 15) is 12.8 Å². The van der Waals surface area contributed by atoms with Gasteiger partial charge in [0, 0.05) is 0 Å². The Labute approximate surface area is 99.8 Å². The van der Waals surface area contributed by atoms with Crippen molar-refractivity contribution in [2.75, 3.05) is 0 Å². The number of sulfone groups is 1. The maximum atomic E-state index is 13.1. The van der Waals surface area contributed by atoms with Crippen molar-refractivity contribution in [2.24, 2.45) is 0 Å². The van der Waals surface area contributed by atoms with Crippen molar-refractivity contribution in [2.45, 2.75) is 35.8 Å². The lowest BCUT2D eigenvalue weighted by atomic mass is 9.86. The highest BCUT2D eigenvalue weighted by molar-refractivity contribution is 7.93. The van der Waals surface area contributed by atoms with E-state index >= 15 is 0 Å². The molecule has 90 valence electrons. The molecule has 1 aliphatic carbocycles. The van der Waals surface area contributed by atoms with Gasteiger partial charge in [-0.15, -0.1) is 0 Å². The Hall–Kier alpha value is -1.41. The number of aryl methyl sites for hydroxylation is 1. The summed E-state index contributed by atoms with van der Waals surface area (Å²) in [6, 6.07) is 5.56. The largest absolute Gasteiger partial charge is 0.222 e. The van der Waals surface area contributed by atoms with Gasteiger partial charge in [0.2, 0.25) is 0 Å². The predicted octanol–water partition coefficient (Wildman–Crippen LogP) is 2.35. The molecule has 5 heteroatoms. The minimum Gasteiger partial charge on any atom is -0.222 e. The number of halogens is 1. The molecule has 3 nitrogen and oxygen atoms in total. The molecule has 0 aromatic heterocycles. The fraction of sp³-hybridized carbons (Fsp3) is 0.417. The summed E-state index contributed by atoms with van der Waals surface area (Å²) in [6.45, 7) is 1.51. The molecule has 1 aliphatic rings. The van der Waals surface area contributed by atoms with Crippen LogP contribution in [0.15, 0.2) is 23.1 Å². The first kappa shape index (κ1) is 12.1. The van der Waals surface area contributed by atoms with E-state index in [1.54, 1.807) is 0 Å². The van der Waals surface area contributed by atoms with Gasteiger partial charge in [-0.2, -0.15) is 5.26 Å². The summed E-state index contributed by atoms with van der Waals surface area (Å²) in [5, 5.41) is 9.05. The fourth-order valence-corrected chi connectivity index (χ4v) is 3.93. The Morgan fingerprint density at radius 2 is 2.06 bits per heavy atom. The molecular formula is C12H12FNO2S. The van der Waals surface area contributed by atoms with E-state index in [1.807, 2.05) is 6.07 Å². The van der Waals surface area contributed by atoms with Crippen LogP contribution in [0.1, 0.15) is 24.8 Å². The highest BCUT2D eigenvalue weighted by Gasteiger charge is 2.50. The highest BCUT2D eigenvalue weighted by Crippen LogP contribution is 2.42. The number of nitriles is 1. The van der Waals surface area contributed by atoms with Gasteiger partial charge in [0.05, 0.1) is 11.0 Å². The van der Waals surface area contributed by atoms with Gasteiger partial charge < -0.3 is 0 Å². The molecule has 0 heterocycles. The summed E-state index contributed by atoms with van der Waals surface area (Å²) in [7, 11) is -3.68. The highest BCUT2D eigenvalue weighted by atomic mass is 32.2. The van der Waals surface area contributed by atoms with E-state index in [0.717, 1.165) is 12.5 Å². The molecule has 0 N–H and O–H groups in total. The van der Waals surface area contributed by atoms with Gasteiger partial charge in [-0.3, -0.25) is 0 Å². The monoisotopic (exact) mass is 253 g/mol. The Kier molecular flexibility index (Phi) is 2.70. The van der Waals surface area contributed by atoms with Crippen LogP contribution < -0.4 is 0 Å². The lowest BCUT2D eigenvalue weighted by Gasteiger charge is -2.34. The molecule has 0 radical (unpaired) electrons. The van der Waals surface area contributed by atoms with Gasteiger partial charge in [0.15, 0.2) is 14.6 Å². The molecule has 0 amide bonds. The summed E-state index contributed by atoms with van der Waals surface area (Å²) < 4.78 is 36.4. The van der Waals surface area contributed by atoms with Gasteiger partial charge in [-0.05, 0) is 49.9 Å². The van der Waals surface area contributed by atoms with Crippen LogP contribution in [0, 0.1) is 24.1 Å². The van der Waals surface area contributed by atoms with Crippen LogP contribution in [0.25, 0.3) is 0 Å². The second-order valence-electron chi connectivity index (χ2n) is 4.37. The molecule has 2 rings (SSSR count). The lowest BCUT2D eigenvalue weighted by molar-refractivity contribution is 0.406. The number of hydrogen-bond acceptors (Lipinski definition) is 3. The molecule has 17 heavy (non-hydrogen) atoms. The number of rotatable bonds is 2. The topological polar surface area (TPSA) is 57.9 Å². The zero-order chi connectivity index (χ0) is 12.7. The second kappa shape index (κ2) is 3.81. The van der Waals surface area contributed by atoms with Crippen molar-refractivity contribution in [3.63, 3.8) is 0 Å². The predicted molar refractivity (Wildman–Crippen MR) is 60.5 cm³/mol. The third-order valence-corrected chi connectivity index (χ3v) is 5.72. The number of benzene rings is 1. The number of hydrogen-bond donors (Lipinski definition) is 0. The number of nitrogens with zero attached hydrogens (tertiary/aromatic N) is 1. The van der Waals surface area contributed by atoms with Crippen molar-refractivity contribution in [3.8, 4) is 6.07 Å². The Bertz CT molecular complexity index is 597. The molecule has 1 fully saturated rings. The average molecular weight is 253 g/mol. The third-order valence-electron chi connectivity index (χ3n) is 3.32. The Morgan fingerprint density at radius 3 is 2.47 bits per heavy atom. The molecule has 1 aromatic rings. The van der Waals surface area contributed by atoms with E-state index < -0.39 is 20.4 Å². The Balaban J connectivity index is 2.53. The summed E-state index contributed by atoms with van der Waals surface area (Å²) in [5.74, 6) is -0.441. The molecule has 0 unspecified atom stereocenters. The van der Waals surface area contributed by atoms with Crippen molar-refractivity contribution in [1.82, 2.24) is 0 Å². The van der Waals surface area contributed by atoms with Crippen molar-refractivity contribution >= 4 is 9.84 Å². The molecule has 0 atom stereocenters. The first-order chi connectivity index (χ1) is 7.93. The minimum absolute atomic E-state index is 0.0395. The Morgan fingerprint density at radius 1 is 1.41 bits per heavy atom. The van der Waals surface area contributed by atoms with E-state index in [-0.39, 0.29) is 10.5 Å². The minimum atomic E-state index is -3.68. The van der Waals surface area contributed by atoms with Crippen molar-refractivity contribution < 1.29 is 12.8 Å². The van der Waals surface area contributed by atoms with Crippen LogP contribution in [0.2, 0.25) is 0 Å². The smallest absolute Gasteiger partial charge is 0.197 e. The zero-order valence-electron chi connectivity index (χ0n) is 9.40. The van der Waals surface area contributed by atoms with E-state index in [2.05, 4.69) is 0 Å².